The second-order valence-electron chi connectivity index (χ2n) is 8.32. The van der Waals surface area contributed by atoms with Crippen molar-refractivity contribution in [2.45, 2.75) is 69.5 Å². The highest BCUT2D eigenvalue weighted by Gasteiger charge is 2.52. The van der Waals surface area contributed by atoms with Crippen LogP contribution in [0.4, 0.5) is 9.59 Å². The van der Waals surface area contributed by atoms with E-state index in [9.17, 15) is 19.8 Å². The van der Waals surface area contributed by atoms with Crippen LogP contribution in [0.5, 0.6) is 0 Å². The van der Waals surface area contributed by atoms with Gasteiger partial charge in [0.1, 0.15) is 19.0 Å². The average molecular weight is 359 g/mol. The fraction of sp³-hybridized carbons (Fsp3) is 0.867. The Morgan fingerprint density at radius 2 is 1.88 bits per heavy atom. The number of hydrogen-bond donors (Lipinski definition) is 3. The smallest absolute Gasteiger partial charge is 0.328 e. The fourth-order valence-electron chi connectivity index (χ4n) is 2.85. The Kier molecular flexibility index (Phi) is 5.02. The van der Waals surface area contributed by atoms with Crippen molar-refractivity contribution in [1.29, 1.82) is 0 Å². The van der Waals surface area contributed by atoms with Crippen LogP contribution in [0.15, 0.2) is 0 Å². The summed E-state index contributed by atoms with van der Waals surface area (Å²) in [6.07, 6.45) is -2.03. The Balaban J connectivity index is 2.12. The molecular weight excluding hydrogens is 330 g/mol. The zero-order valence-electron chi connectivity index (χ0n) is 15.2. The largest absolute Gasteiger partial charge is 0.394 e. The summed E-state index contributed by atoms with van der Waals surface area (Å²) in [4.78, 5) is 26.2. The fourth-order valence-corrected chi connectivity index (χ4v) is 4.86. The topological polar surface area (TPSA) is 102 Å². The Hall–Kier alpha value is -1.16. The Labute approximate surface area is 143 Å². The van der Waals surface area contributed by atoms with Gasteiger partial charge in [-0.2, -0.15) is 0 Å². The summed E-state index contributed by atoms with van der Waals surface area (Å²) in [5.74, 6) is 0. The molecule has 2 heterocycles. The van der Waals surface area contributed by atoms with Crippen LogP contribution < -0.4 is 5.32 Å². The van der Waals surface area contributed by atoms with Crippen molar-refractivity contribution in [3.63, 3.8) is 0 Å². The third-order valence-corrected chi connectivity index (χ3v) is 11.3. The number of amides is 4. The number of ether oxygens (including phenoxy) is 1. The molecule has 138 valence electrons. The van der Waals surface area contributed by atoms with Crippen molar-refractivity contribution in [2.24, 2.45) is 0 Å². The van der Waals surface area contributed by atoms with Gasteiger partial charge in [-0.3, -0.25) is 10.2 Å². The quantitative estimate of drug-likeness (QED) is 0.650. The van der Waals surface area contributed by atoms with E-state index in [1.165, 1.54) is 9.80 Å². The molecule has 1 unspecified atom stereocenters. The number of urea groups is 2. The number of carbonyl (C=O) groups excluding carboxylic acids is 2. The molecule has 2 rings (SSSR count). The average Bonchev–Trinajstić information content (AvgIpc) is 2.82. The van der Waals surface area contributed by atoms with Crippen LogP contribution in [0.3, 0.4) is 0 Å². The van der Waals surface area contributed by atoms with Crippen LogP contribution in [-0.2, 0) is 4.74 Å². The van der Waals surface area contributed by atoms with E-state index >= 15 is 0 Å². The lowest BCUT2D eigenvalue weighted by atomic mass is 10.2. The van der Waals surface area contributed by atoms with Crippen LogP contribution in [0, 0.1) is 0 Å². The van der Waals surface area contributed by atoms with E-state index in [0.29, 0.717) is 0 Å². The van der Waals surface area contributed by atoms with Crippen LogP contribution in [0.2, 0.25) is 18.1 Å². The van der Waals surface area contributed by atoms with E-state index < -0.39 is 44.3 Å². The maximum atomic E-state index is 12.0. The summed E-state index contributed by atoms with van der Waals surface area (Å²) < 4.78 is 5.87. The molecule has 8 nitrogen and oxygen atoms in total. The first-order valence-corrected chi connectivity index (χ1v) is 11.3. The number of rotatable bonds is 3. The molecule has 3 N–H and O–H groups in total. The zero-order valence-corrected chi connectivity index (χ0v) is 16.2. The summed E-state index contributed by atoms with van der Waals surface area (Å²) >= 11 is 0. The minimum atomic E-state index is -2.15. The van der Waals surface area contributed by atoms with Crippen molar-refractivity contribution in [3.05, 3.63) is 0 Å². The van der Waals surface area contributed by atoms with E-state index in [1.807, 2.05) is 0 Å². The second kappa shape index (κ2) is 6.29. The van der Waals surface area contributed by atoms with Crippen molar-refractivity contribution in [2.75, 3.05) is 13.7 Å². The van der Waals surface area contributed by atoms with Gasteiger partial charge in [0.15, 0.2) is 0 Å². The van der Waals surface area contributed by atoms with Crippen LogP contribution in [0.25, 0.3) is 0 Å². The zero-order chi connectivity index (χ0) is 18.4. The van der Waals surface area contributed by atoms with Crippen LogP contribution in [-0.4, -0.2) is 78.0 Å². The lowest BCUT2D eigenvalue weighted by Gasteiger charge is -2.43. The number of imide groups is 1. The van der Waals surface area contributed by atoms with Crippen LogP contribution >= 0.6 is 0 Å². The van der Waals surface area contributed by atoms with Gasteiger partial charge in [-0.25, -0.2) is 9.59 Å². The molecule has 2 aliphatic rings. The number of hydrogen-bond acceptors (Lipinski definition) is 5. The number of aliphatic hydroxyl groups excluding tert-OH is 2. The Bertz CT molecular complexity index is 522. The summed E-state index contributed by atoms with van der Waals surface area (Å²) in [6.45, 7) is 10.5. The molecule has 0 aromatic rings. The molecule has 0 aromatic carbocycles. The van der Waals surface area contributed by atoms with Gasteiger partial charge in [-0.05, 0) is 5.04 Å². The van der Waals surface area contributed by atoms with Gasteiger partial charge in [0.25, 0.3) is 0 Å². The van der Waals surface area contributed by atoms with Gasteiger partial charge < -0.3 is 19.8 Å². The summed E-state index contributed by atoms with van der Waals surface area (Å²) in [5.41, 5.74) is -0.760. The highest BCUT2D eigenvalue weighted by molar-refractivity contribution is 6.81. The predicted molar refractivity (Wildman–Crippen MR) is 90.9 cm³/mol. The summed E-state index contributed by atoms with van der Waals surface area (Å²) in [6, 6.07) is -1.01. The maximum absolute atomic E-state index is 12.0. The third-order valence-electron chi connectivity index (χ3n) is 5.65. The van der Waals surface area contributed by atoms with Crippen LogP contribution in [0.1, 0.15) is 27.2 Å². The van der Waals surface area contributed by atoms with Crippen molar-refractivity contribution in [3.8, 4) is 0 Å². The van der Waals surface area contributed by atoms with Gasteiger partial charge in [0.2, 0.25) is 0 Å². The van der Waals surface area contributed by atoms with E-state index in [2.05, 4.69) is 39.2 Å². The Morgan fingerprint density at radius 3 is 2.42 bits per heavy atom. The van der Waals surface area contributed by atoms with Crippen molar-refractivity contribution < 1.29 is 24.5 Å². The van der Waals surface area contributed by atoms with E-state index in [0.717, 1.165) is 0 Å². The molecule has 0 aromatic heterocycles. The highest BCUT2D eigenvalue weighted by atomic mass is 28.3. The molecule has 2 fully saturated rings. The lowest BCUT2D eigenvalue weighted by molar-refractivity contribution is -0.0856. The lowest BCUT2D eigenvalue weighted by Crippen LogP contribution is -2.61. The highest BCUT2D eigenvalue weighted by Crippen LogP contribution is 2.41. The monoisotopic (exact) mass is 359 g/mol. The van der Waals surface area contributed by atoms with Gasteiger partial charge in [-0.15, -0.1) is 0 Å². The number of carbonyl (C=O) groups is 2. The molecule has 0 spiro atoms. The maximum Gasteiger partial charge on any atom is 0.328 e. The van der Waals surface area contributed by atoms with Crippen molar-refractivity contribution in [1.82, 2.24) is 15.1 Å². The standard InChI is InChI=1S/C15H29N3O5Si/c1-15(2,3)24(5,6)12(20)11-9(19)7-10(23-11)18-8-17(4)13(21)16-14(18)22/h9-12,19-20H,7-8H2,1-6H3,(H,16,21,22)/t9-,10+,11-,12?/m0/s1. The van der Waals surface area contributed by atoms with Gasteiger partial charge in [-0.1, -0.05) is 33.9 Å². The Morgan fingerprint density at radius 1 is 1.29 bits per heavy atom. The first kappa shape index (κ1) is 19.2. The normalized spacial score (nSPS) is 30.6. The molecule has 2 saturated heterocycles. The van der Waals surface area contributed by atoms with Gasteiger partial charge in [0, 0.05) is 13.5 Å². The second-order valence-corrected chi connectivity index (χ2v) is 13.9. The van der Waals surface area contributed by atoms with E-state index in [4.69, 9.17) is 4.74 Å². The number of nitrogens with zero attached hydrogens (tertiary/aromatic N) is 2. The SMILES string of the molecule is CN1CN([C@H]2C[C@H](O)[C@@H](C(O)[Si](C)(C)C(C)(C)C)O2)C(=O)NC1=O. The predicted octanol–water partition coefficient (Wildman–Crippen LogP) is 0.905. The summed E-state index contributed by atoms with van der Waals surface area (Å²) in [7, 11) is -0.577. The molecule has 0 radical (unpaired) electrons. The van der Waals surface area contributed by atoms with Crippen molar-refractivity contribution >= 4 is 20.1 Å². The van der Waals surface area contributed by atoms with E-state index in [-0.39, 0.29) is 18.1 Å². The molecule has 0 bridgehead atoms. The molecule has 4 amide bonds. The number of aliphatic hydroxyl groups is 2. The molecule has 9 heteroatoms. The summed E-state index contributed by atoms with van der Waals surface area (Å²) in [5, 5.41) is 23.4. The molecule has 4 atom stereocenters. The molecule has 2 aliphatic heterocycles. The van der Waals surface area contributed by atoms with E-state index in [1.54, 1.807) is 7.05 Å². The molecule has 24 heavy (non-hydrogen) atoms. The van der Waals surface area contributed by atoms with Gasteiger partial charge >= 0.3 is 12.1 Å². The molecular formula is C15H29N3O5Si. The molecule has 0 saturated carbocycles. The first-order valence-electron chi connectivity index (χ1n) is 8.20. The first-order chi connectivity index (χ1) is 10.9. The minimum Gasteiger partial charge on any atom is -0.394 e. The minimum absolute atomic E-state index is 0.0667. The third kappa shape index (κ3) is 3.30. The van der Waals surface area contributed by atoms with Gasteiger partial charge in [0.05, 0.1) is 19.9 Å². The number of nitrogens with one attached hydrogen (secondary N) is 1. The molecule has 0 aliphatic carbocycles.